The number of carbonyl (C=O) groups is 1. The maximum Gasteiger partial charge on any atom is 0.255 e. The Morgan fingerprint density at radius 3 is 2.60 bits per heavy atom. The highest BCUT2D eigenvalue weighted by Gasteiger charge is 2.13. The molecule has 0 unspecified atom stereocenters. The van der Waals surface area contributed by atoms with Crippen LogP contribution in [0, 0.1) is 0 Å². The summed E-state index contributed by atoms with van der Waals surface area (Å²) in [4.78, 5) is 16.8. The molecule has 0 bridgehead atoms. The van der Waals surface area contributed by atoms with E-state index in [1.807, 2.05) is 54.6 Å². The second-order valence-corrected chi connectivity index (χ2v) is 6.33. The highest BCUT2D eigenvalue weighted by Crippen LogP contribution is 2.24. The zero-order chi connectivity index (χ0) is 17.5. The molecule has 1 heterocycles. The van der Waals surface area contributed by atoms with Gasteiger partial charge in [0, 0.05) is 10.7 Å². The van der Waals surface area contributed by atoms with Gasteiger partial charge in [-0.3, -0.25) is 9.78 Å². The lowest BCUT2D eigenvalue weighted by Gasteiger charge is -2.12. The van der Waals surface area contributed by atoms with Crippen molar-refractivity contribution >= 4 is 21.8 Å². The minimum absolute atomic E-state index is 0.199. The fourth-order valence-electron chi connectivity index (χ4n) is 2.31. The minimum atomic E-state index is -0.199. The predicted octanol–water partition coefficient (Wildman–Crippen LogP) is 4.35. The normalized spacial score (nSPS) is 10.3. The van der Waals surface area contributed by atoms with Gasteiger partial charge >= 0.3 is 0 Å². The first kappa shape index (κ1) is 17.2. The lowest BCUT2D eigenvalue weighted by atomic mass is 10.2. The molecule has 3 aromatic rings. The first-order valence-corrected chi connectivity index (χ1v) is 8.66. The van der Waals surface area contributed by atoms with Crippen molar-refractivity contribution in [3.05, 3.63) is 94.2 Å². The van der Waals surface area contributed by atoms with Crippen LogP contribution in [0.1, 0.15) is 21.6 Å². The maximum atomic E-state index is 12.6. The smallest absolute Gasteiger partial charge is 0.255 e. The van der Waals surface area contributed by atoms with E-state index in [-0.39, 0.29) is 5.91 Å². The first-order chi connectivity index (χ1) is 12.2. The number of hydrogen-bond acceptors (Lipinski definition) is 3. The quantitative estimate of drug-likeness (QED) is 0.673. The molecule has 1 N–H and O–H groups in total. The van der Waals surface area contributed by atoms with Crippen LogP contribution in [0.5, 0.6) is 5.75 Å². The van der Waals surface area contributed by atoms with Crippen LogP contribution in [0.15, 0.2) is 77.4 Å². The summed E-state index contributed by atoms with van der Waals surface area (Å²) in [5, 5.41) is 2.88. The van der Waals surface area contributed by atoms with Gasteiger partial charge in [0.05, 0.1) is 17.8 Å². The lowest BCUT2D eigenvalue weighted by Crippen LogP contribution is -2.24. The van der Waals surface area contributed by atoms with Crippen LogP contribution in [-0.2, 0) is 13.2 Å². The van der Waals surface area contributed by atoms with Gasteiger partial charge in [0.25, 0.3) is 5.91 Å². The van der Waals surface area contributed by atoms with Gasteiger partial charge in [-0.2, -0.15) is 0 Å². The molecule has 0 spiro atoms. The van der Waals surface area contributed by atoms with Crippen molar-refractivity contribution in [2.24, 2.45) is 0 Å². The molecule has 0 aliphatic rings. The summed E-state index contributed by atoms with van der Waals surface area (Å²) in [5.74, 6) is 0.348. The summed E-state index contributed by atoms with van der Waals surface area (Å²) >= 11 is 3.41. The number of ether oxygens (including phenoxy) is 1. The van der Waals surface area contributed by atoms with Gasteiger partial charge in [0.15, 0.2) is 0 Å². The Morgan fingerprint density at radius 1 is 1.04 bits per heavy atom. The average Bonchev–Trinajstić information content (AvgIpc) is 2.66. The molecule has 4 nitrogen and oxygen atoms in total. The molecule has 2 aromatic carbocycles. The van der Waals surface area contributed by atoms with Crippen LogP contribution in [0.25, 0.3) is 0 Å². The highest BCUT2D eigenvalue weighted by molar-refractivity contribution is 9.10. The van der Waals surface area contributed by atoms with Crippen molar-refractivity contribution in [2.45, 2.75) is 13.2 Å². The van der Waals surface area contributed by atoms with Crippen molar-refractivity contribution in [1.82, 2.24) is 10.3 Å². The van der Waals surface area contributed by atoms with Crippen molar-refractivity contribution < 1.29 is 9.53 Å². The number of hydrogen-bond donors (Lipinski definition) is 1. The molecule has 0 radical (unpaired) electrons. The van der Waals surface area contributed by atoms with E-state index >= 15 is 0 Å². The number of aromatic nitrogens is 1. The molecule has 25 heavy (non-hydrogen) atoms. The van der Waals surface area contributed by atoms with E-state index in [1.165, 1.54) is 0 Å². The van der Waals surface area contributed by atoms with Crippen molar-refractivity contribution in [3.8, 4) is 5.75 Å². The Kier molecular flexibility index (Phi) is 5.80. The number of benzene rings is 2. The molecule has 0 atom stereocenters. The molecule has 0 fully saturated rings. The standard InChI is InChI=1S/C20H17BrN2O2/c21-16-9-10-19(25-14-15-6-2-1-3-7-15)18(12-16)20(24)23-13-17-8-4-5-11-22-17/h1-12H,13-14H2,(H,23,24). The SMILES string of the molecule is O=C(NCc1ccccn1)c1cc(Br)ccc1OCc1ccccc1. The zero-order valence-electron chi connectivity index (χ0n) is 13.5. The second-order valence-electron chi connectivity index (χ2n) is 5.42. The molecule has 0 saturated carbocycles. The summed E-state index contributed by atoms with van der Waals surface area (Å²) < 4.78 is 6.68. The van der Waals surface area contributed by atoms with Crippen LogP contribution in [0.4, 0.5) is 0 Å². The number of pyridine rings is 1. The second kappa shape index (κ2) is 8.44. The number of halogens is 1. The molecule has 0 saturated heterocycles. The van der Waals surface area contributed by atoms with E-state index in [1.54, 1.807) is 18.3 Å². The van der Waals surface area contributed by atoms with Crippen LogP contribution < -0.4 is 10.1 Å². The predicted molar refractivity (Wildman–Crippen MR) is 100 cm³/mol. The number of amides is 1. The van der Waals surface area contributed by atoms with Gasteiger partial charge < -0.3 is 10.1 Å². The number of nitrogens with one attached hydrogen (secondary N) is 1. The Hall–Kier alpha value is -2.66. The van der Waals surface area contributed by atoms with Gasteiger partial charge in [-0.1, -0.05) is 52.3 Å². The van der Waals surface area contributed by atoms with Crippen LogP contribution in [0.3, 0.4) is 0 Å². The Balaban J connectivity index is 1.70. The summed E-state index contributed by atoms with van der Waals surface area (Å²) in [6.45, 7) is 0.771. The monoisotopic (exact) mass is 396 g/mol. The van der Waals surface area contributed by atoms with Gasteiger partial charge in [-0.05, 0) is 35.9 Å². The van der Waals surface area contributed by atoms with Crippen molar-refractivity contribution in [3.63, 3.8) is 0 Å². The van der Waals surface area contributed by atoms with Gasteiger partial charge in [-0.15, -0.1) is 0 Å². The Labute approximate surface area is 155 Å². The highest BCUT2D eigenvalue weighted by atomic mass is 79.9. The van der Waals surface area contributed by atoms with Gasteiger partial charge in [-0.25, -0.2) is 0 Å². The molecule has 5 heteroatoms. The molecule has 0 aliphatic heterocycles. The van der Waals surface area contributed by atoms with Crippen molar-refractivity contribution in [2.75, 3.05) is 0 Å². The molecular formula is C20H17BrN2O2. The van der Waals surface area contributed by atoms with E-state index in [4.69, 9.17) is 4.74 Å². The van der Waals surface area contributed by atoms with E-state index in [9.17, 15) is 4.79 Å². The van der Waals surface area contributed by atoms with Crippen LogP contribution in [0.2, 0.25) is 0 Å². The summed E-state index contributed by atoms with van der Waals surface area (Å²) in [5.41, 5.74) is 2.34. The van der Waals surface area contributed by atoms with Crippen molar-refractivity contribution in [1.29, 1.82) is 0 Å². The average molecular weight is 397 g/mol. The first-order valence-electron chi connectivity index (χ1n) is 7.87. The van der Waals surface area contributed by atoms with Gasteiger partial charge in [0.1, 0.15) is 12.4 Å². The van der Waals surface area contributed by atoms with Gasteiger partial charge in [0.2, 0.25) is 0 Å². The third-order valence-electron chi connectivity index (χ3n) is 3.58. The van der Waals surface area contributed by atoms with E-state index in [2.05, 4.69) is 26.2 Å². The Morgan fingerprint density at radius 2 is 1.84 bits per heavy atom. The van der Waals surface area contributed by atoms with E-state index in [0.717, 1.165) is 15.7 Å². The Bertz CT molecular complexity index is 839. The molecule has 1 amide bonds. The molecule has 0 aliphatic carbocycles. The topological polar surface area (TPSA) is 51.2 Å². The maximum absolute atomic E-state index is 12.6. The minimum Gasteiger partial charge on any atom is -0.488 e. The van der Waals surface area contributed by atoms with E-state index in [0.29, 0.717) is 24.5 Å². The number of rotatable bonds is 6. The molecule has 1 aromatic heterocycles. The fraction of sp³-hybridized carbons (Fsp3) is 0.100. The lowest BCUT2D eigenvalue weighted by molar-refractivity contribution is 0.0946. The molecule has 3 rings (SSSR count). The number of carbonyl (C=O) groups excluding carboxylic acids is 1. The third kappa shape index (κ3) is 4.90. The number of nitrogens with zero attached hydrogens (tertiary/aromatic N) is 1. The fourth-order valence-corrected chi connectivity index (χ4v) is 2.67. The summed E-state index contributed by atoms with van der Waals surface area (Å²) in [6.07, 6.45) is 1.70. The summed E-state index contributed by atoms with van der Waals surface area (Å²) in [6, 6.07) is 20.9. The summed E-state index contributed by atoms with van der Waals surface area (Å²) in [7, 11) is 0. The molecular weight excluding hydrogens is 380 g/mol. The third-order valence-corrected chi connectivity index (χ3v) is 4.07. The largest absolute Gasteiger partial charge is 0.488 e. The van der Waals surface area contributed by atoms with Crippen LogP contribution >= 0.6 is 15.9 Å². The van der Waals surface area contributed by atoms with E-state index < -0.39 is 0 Å². The molecule has 126 valence electrons. The van der Waals surface area contributed by atoms with Crippen LogP contribution in [-0.4, -0.2) is 10.9 Å². The zero-order valence-corrected chi connectivity index (χ0v) is 15.1.